The summed E-state index contributed by atoms with van der Waals surface area (Å²) in [5, 5.41) is 8.12. The van der Waals surface area contributed by atoms with Gasteiger partial charge in [-0.3, -0.25) is 4.72 Å². The highest BCUT2D eigenvalue weighted by atomic mass is 32.2. The van der Waals surface area contributed by atoms with Gasteiger partial charge in [0.05, 0.1) is 4.90 Å². The van der Waals surface area contributed by atoms with E-state index in [1.165, 1.54) is 12.1 Å². The number of hydrogen-bond acceptors (Lipinski definition) is 6. The topological polar surface area (TPSA) is 78.4 Å². The highest BCUT2D eigenvalue weighted by molar-refractivity contribution is 7.92. The van der Waals surface area contributed by atoms with Gasteiger partial charge in [0.2, 0.25) is 0 Å². The molecular formula is C17H22FN5O2S. The van der Waals surface area contributed by atoms with Gasteiger partial charge in [0.1, 0.15) is 5.82 Å². The number of sulfonamides is 1. The van der Waals surface area contributed by atoms with Crippen LogP contribution in [0.25, 0.3) is 0 Å². The quantitative estimate of drug-likeness (QED) is 0.854. The summed E-state index contributed by atoms with van der Waals surface area (Å²) in [4.78, 5) is 4.50. The molecule has 3 rings (SSSR count). The molecule has 0 atom stereocenters. The van der Waals surface area contributed by atoms with Crippen LogP contribution in [-0.2, 0) is 10.0 Å². The Hall–Kier alpha value is -2.26. The Morgan fingerprint density at radius 2 is 1.85 bits per heavy atom. The van der Waals surface area contributed by atoms with Crippen molar-refractivity contribution in [1.29, 1.82) is 0 Å². The summed E-state index contributed by atoms with van der Waals surface area (Å²) in [5.41, 5.74) is 0.330. The minimum Gasteiger partial charge on any atom is -0.353 e. The Morgan fingerprint density at radius 1 is 1.12 bits per heavy atom. The number of piperazine rings is 1. The molecule has 140 valence electrons. The summed E-state index contributed by atoms with van der Waals surface area (Å²) < 4.78 is 40.5. The van der Waals surface area contributed by atoms with Crippen molar-refractivity contribution in [2.24, 2.45) is 0 Å². The van der Waals surface area contributed by atoms with Gasteiger partial charge in [-0.15, -0.1) is 10.2 Å². The molecule has 1 saturated heterocycles. The molecule has 2 heterocycles. The predicted octanol–water partition coefficient (Wildman–Crippen LogP) is 1.87. The first-order valence-corrected chi connectivity index (χ1v) is 9.97. The highest BCUT2D eigenvalue weighted by Gasteiger charge is 2.20. The molecule has 9 heteroatoms. The first kappa shape index (κ1) is 18.5. The van der Waals surface area contributed by atoms with Gasteiger partial charge in [-0.05, 0) is 49.4 Å². The third-order valence-corrected chi connectivity index (χ3v) is 5.97. The molecular weight excluding hydrogens is 357 g/mol. The minimum atomic E-state index is -3.85. The van der Waals surface area contributed by atoms with Crippen molar-refractivity contribution in [1.82, 2.24) is 15.1 Å². The number of halogens is 1. The van der Waals surface area contributed by atoms with E-state index in [4.69, 9.17) is 0 Å². The fourth-order valence-corrected chi connectivity index (χ4v) is 4.17. The summed E-state index contributed by atoms with van der Waals surface area (Å²) in [6.07, 6.45) is 0. The summed E-state index contributed by atoms with van der Waals surface area (Å²) in [6.45, 7) is 8.38. The molecule has 1 fully saturated rings. The lowest BCUT2D eigenvalue weighted by Crippen LogP contribution is -2.46. The Balaban J connectivity index is 1.71. The Morgan fingerprint density at radius 3 is 2.42 bits per heavy atom. The number of aromatic nitrogens is 2. The number of rotatable bonds is 5. The van der Waals surface area contributed by atoms with Crippen LogP contribution in [0.5, 0.6) is 0 Å². The van der Waals surface area contributed by atoms with Gasteiger partial charge in [0.25, 0.3) is 10.0 Å². The Bertz CT molecular complexity index is 865. The molecule has 0 aliphatic carbocycles. The largest absolute Gasteiger partial charge is 0.353 e. The standard InChI is InChI=1S/C17H22FN5O2S/c1-3-22-8-10-23(11-9-22)17-7-6-16(19-20-17)21-26(24,25)15-5-4-14(18)12-13(15)2/h4-7,12H,3,8-11H2,1-2H3,(H,19,21). The average molecular weight is 379 g/mol. The van der Waals surface area contributed by atoms with Crippen LogP contribution in [0.2, 0.25) is 0 Å². The van der Waals surface area contributed by atoms with Gasteiger partial charge in [0, 0.05) is 26.2 Å². The van der Waals surface area contributed by atoms with E-state index >= 15 is 0 Å². The monoisotopic (exact) mass is 379 g/mol. The molecule has 1 aromatic heterocycles. The number of hydrogen-bond donors (Lipinski definition) is 1. The average Bonchev–Trinajstić information content (AvgIpc) is 2.62. The maximum atomic E-state index is 13.2. The van der Waals surface area contributed by atoms with E-state index in [1.807, 2.05) is 0 Å². The summed E-state index contributed by atoms with van der Waals surface area (Å²) in [6, 6.07) is 6.88. The SMILES string of the molecule is CCN1CCN(c2ccc(NS(=O)(=O)c3ccc(F)cc3C)nn2)CC1. The first-order valence-electron chi connectivity index (χ1n) is 8.49. The van der Waals surface area contributed by atoms with Crippen LogP contribution < -0.4 is 9.62 Å². The normalized spacial score (nSPS) is 15.9. The summed E-state index contributed by atoms with van der Waals surface area (Å²) in [5.74, 6) is 0.375. The van der Waals surface area contributed by atoms with E-state index in [9.17, 15) is 12.8 Å². The van der Waals surface area contributed by atoms with Crippen LogP contribution in [0.1, 0.15) is 12.5 Å². The van der Waals surface area contributed by atoms with Crippen LogP contribution in [-0.4, -0.2) is 56.2 Å². The zero-order valence-electron chi connectivity index (χ0n) is 14.8. The number of aryl methyl sites for hydroxylation is 1. The lowest BCUT2D eigenvalue weighted by molar-refractivity contribution is 0.270. The van der Waals surface area contributed by atoms with E-state index in [2.05, 4.69) is 31.6 Å². The van der Waals surface area contributed by atoms with E-state index in [-0.39, 0.29) is 10.7 Å². The third-order valence-electron chi connectivity index (χ3n) is 4.46. The second-order valence-electron chi connectivity index (χ2n) is 6.21. The molecule has 0 unspecified atom stereocenters. The lowest BCUT2D eigenvalue weighted by Gasteiger charge is -2.34. The zero-order chi connectivity index (χ0) is 18.7. The Kier molecular flexibility index (Phi) is 5.38. The van der Waals surface area contributed by atoms with E-state index < -0.39 is 15.8 Å². The van der Waals surface area contributed by atoms with E-state index in [0.717, 1.165) is 44.6 Å². The highest BCUT2D eigenvalue weighted by Crippen LogP contribution is 2.20. The molecule has 0 saturated carbocycles. The predicted molar refractivity (Wildman–Crippen MR) is 98.3 cm³/mol. The lowest BCUT2D eigenvalue weighted by atomic mass is 10.2. The molecule has 26 heavy (non-hydrogen) atoms. The number of nitrogens with zero attached hydrogens (tertiary/aromatic N) is 4. The molecule has 2 aromatic rings. The van der Waals surface area contributed by atoms with Crippen LogP contribution in [0.3, 0.4) is 0 Å². The van der Waals surface area contributed by atoms with Gasteiger partial charge in [-0.2, -0.15) is 0 Å². The molecule has 7 nitrogen and oxygen atoms in total. The fraction of sp³-hybridized carbons (Fsp3) is 0.412. The van der Waals surface area contributed by atoms with Crippen molar-refractivity contribution in [3.8, 4) is 0 Å². The molecule has 1 N–H and O–H groups in total. The van der Waals surface area contributed by atoms with Gasteiger partial charge in [0.15, 0.2) is 11.6 Å². The van der Waals surface area contributed by atoms with Crippen LogP contribution in [0.15, 0.2) is 35.2 Å². The second kappa shape index (κ2) is 7.55. The number of benzene rings is 1. The smallest absolute Gasteiger partial charge is 0.263 e. The maximum absolute atomic E-state index is 13.2. The Labute approximate surface area is 152 Å². The van der Waals surface area contributed by atoms with E-state index in [1.54, 1.807) is 19.1 Å². The van der Waals surface area contributed by atoms with Gasteiger partial charge in [-0.25, -0.2) is 12.8 Å². The number of likely N-dealkylation sites (N-methyl/N-ethyl adjacent to an activating group) is 1. The first-order chi connectivity index (χ1) is 12.4. The van der Waals surface area contributed by atoms with Crippen LogP contribution in [0, 0.1) is 12.7 Å². The third kappa shape index (κ3) is 4.10. The minimum absolute atomic E-state index is 0.0143. The maximum Gasteiger partial charge on any atom is 0.263 e. The molecule has 0 spiro atoms. The van der Waals surface area contributed by atoms with E-state index in [0.29, 0.717) is 5.56 Å². The van der Waals surface area contributed by atoms with Crippen molar-refractivity contribution in [2.75, 3.05) is 42.3 Å². The fourth-order valence-electron chi connectivity index (χ4n) is 2.95. The van der Waals surface area contributed by atoms with Crippen molar-refractivity contribution in [3.63, 3.8) is 0 Å². The molecule has 0 radical (unpaired) electrons. The molecule has 0 bridgehead atoms. The number of anilines is 2. The van der Waals surface area contributed by atoms with Crippen LogP contribution in [0.4, 0.5) is 16.0 Å². The van der Waals surface area contributed by atoms with Gasteiger partial charge < -0.3 is 9.80 Å². The van der Waals surface area contributed by atoms with Gasteiger partial charge in [-0.1, -0.05) is 6.92 Å². The van der Waals surface area contributed by atoms with Crippen LogP contribution >= 0.6 is 0 Å². The molecule has 1 aliphatic rings. The van der Waals surface area contributed by atoms with Gasteiger partial charge >= 0.3 is 0 Å². The van der Waals surface area contributed by atoms with Crippen molar-refractivity contribution < 1.29 is 12.8 Å². The molecule has 1 aliphatic heterocycles. The van der Waals surface area contributed by atoms with Crippen molar-refractivity contribution in [3.05, 3.63) is 41.7 Å². The number of nitrogens with one attached hydrogen (secondary N) is 1. The molecule has 1 aromatic carbocycles. The second-order valence-corrected chi connectivity index (χ2v) is 7.86. The zero-order valence-corrected chi connectivity index (χ0v) is 15.6. The van der Waals surface area contributed by atoms with Crippen molar-refractivity contribution in [2.45, 2.75) is 18.7 Å². The summed E-state index contributed by atoms with van der Waals surface area (Å²) >= 11 is 0. The summed E-state index contributed by atoms with van der Waals surface area (Å²) in [7, 11) is -3.85. The molecule has 0 amide bonds. The van der Waals surface area contributed by atoms with Crippen molar-refractivity contribution >= 4 is 21.7 Å².